The summed E-state index contributed by atoms with van der Waals surface area (Å²) in [5, 5.41) is 0. The molecule has 3 saturated heterocycles. The summed E-state index contributed by atoms with van der Waals surface area (Å²) in [7, 11) is -0.600. The number of rotatable bonds is 10. The van der Waals surface area contributed by atoms with Gasteiger partial charge in [0.2, 0.25) is 0 Å². The fourth-order valence-corrected chi connectivity index (χ4v) is 2.73. The minimum atomic E-state index is -0.600. The summed E-state index contributed by atoms with van der Waals surface area (Å²) < 4.78 is 29.0. The van der Waals surface area contributed by atoms with Crippen LogP contribution in [0.25, 0.3) is 0 Å². The van der Waals surface area contributed by atoms with Crippen molar-refractivity contribution in [1.29, 1.82) is 0 Å². The average Bonchev–Trinajstić information content (AvgIpc) is 2.49. The molecule has 0 radical (unpaired) electrons. The standard InChI is InChI=1S/C16H32BNO5/c1-3-5-8-19-13-15-11-18-7-10-21-17(22-15)23-16(12-18)14-20-9-6-4-2/h15-16H,3-14H2,1-2H3. The molecule has 2 bridgehead atoms. The molecule has 0 saturated carbocycles. The zero-order valence-electron chi connectivity index (χ0n) is 14.7. The summed E-state index contributed by atoms with van der Waals surface area (Å²) in [5.41, 5.74) is 0. The van der Waals surface area contributed by atoms with E-state index in [4.69, 9.17) is 23.4 Å². The van der Waals surface area contributed by atoms with Gasteiger partial charge < -0.3 is 23.4 Å². The van der Waals surface area contributed by atoms with Gasteiger partial charge in [-0.1, -0.05) is 26.7 Å². The van der Waals surface area contributed by atoms with Crippen LogP contribution >= 0.6 is 0 Å². The van der Waals surface area contributed by atoms with Gasteiger partial charge in [-0.2, -0.15) is 0 Å². The first kappa shape index (κ1) is 19.2. The molecule has 3 aliphatic heterocycles. The van der Waals surface area contributed by atoms with E-state index in [0.717, 1.165) is 58.5 Å². The molecule has 0 aromatic heterocycles. The van der Waals surface area contributed by atoms with E-state index in [1.807, 2.05) is 0 Å². The average molecular weight is 329 g/mol. The number of hydrogen-bond acceptors (Lipinski definition) is 6. The van der Waals surface area contributed by atoms with E-state index in [2.05, 4.69) is 18.7 Å². The predicted octanol–water partition coefficient (Wildman–Crippen LogP) is 1.72. The summed E-state index contributed by atoms with van der Waals surface area (Å²) in [6.45, 7) is 10.4. The van der Waals surface area contributed by atoms with Gasteiger partial charge in [-0.15, -0.1) is 0 Å². The van der Waals surface area contributed by atoms with Crippen LogP contribution in [0.1, 0.15) is 39.5 Å². The maximum atomic E-state index is 5.93. The Bertz CT molecular complexity index is 270. The van der Waals surface area contributed by atoms with Gasteiger partial charge in [0.05, 0.1) is 25.4 Å². The summed E-state index contributed by atoms with van der Waals surface area (Å²) in [4.78, 5) is 2.33. The van der Waals surface area contributed by atoms with E-state index in [9.17, 15) is 0 Å². The third kappa shape index (κ3) is 7.50. The largest absolute Gasteiger partial charge is 0.640 e. The van der Waals surface area contributed by atoms with Crippen molar-refractivity contribution in [2.45, 2.75) is 51.7 Å². The minimum Gasteiger partial charge on any atom is -0.385 e. The minimum absolute atomic E-state index is 0.000819. The van der Waals surface area contributed by atoms with Crippen molar-refractivity contribution in [2.75, 3.05) is 52.7 Å². The second-order valence-electron chi connectivity index (χ2n) is 6.29. The maximum Gasteiger partial charge on any atom is 0.640 e. The van der Waals surface area contributed by atoms with Crippen molar-refractivity contribution in [2.24, 2.45) is 0 Å². The molecule has 0 aromatic rings. The molecule has 0 N–H and O–H groups in total. The highest BCUT2D eigenvalue weighted by molar-refractivity contribution is 6.36. The Balaban J connectivity index is 1.77. The highest BCUT2D eigenvalue weighted by Gasteiger charge is 2.36. The van der Waals surface area contributed by atoms with Crippen LogP contribution in [0.5, 0.6) is 0 Å². The van der Waals surface area contributed by atoms with Gasteiger partial charge in [0.25, 0.3) is 0 Å². The van der Waals surface area contributed by atoms with Crippen molar-refractivity contribution < 1.29 is 23.4 Å². The fourth-order valence-electron chi connectivity index (χ4n) is 2.73. The first-order valence-electron chi connectivity index (χ1n) is 9.12. The summed E-state index contributed by atoms with van der Waals surface area (Å²) >= 11 is 0. The van der Waals surface area contributed by atoms with Crippen LogP contribution in [0.4, 0.5) is 0 Å². The maximum absolute atomic E-state index is 5.93. The summed E-state index contributed by atoms with van der Waals surface area (Å²) in [5.74, 6) is 0. The number of fused-ring (bicyclic) bond motifs is 6. The van der Waals surface area contributed by atoms with Crippen molar-refractivity contribution in [3.05, 3.63) is 0 Å². The molecule has 0 aromatic carbocycles. The zero-order chi connectivity index (χ0) is 16.3. The Hall–Kier alpha value is -0.175. The van der Waals surface area contributed by atoms with Gasteiger partial charge in [0.1, 0.15) is 0 Å². The van der Waals surface area contributed by atoms with Crippen molar-refractivity contribution in [3.63, 3.8) is 0 Å². The highest BCUT2D eigenvalue weighted by Crippen LogP contribution is 2.15. The number of unbranched alkanes of at least 4 members (excludes halogenated alkanes) is 2. The highest BCUT2D eigenvalue weighted by atomic mass is 16.7. The monoisotopic (exact) mass is 329 g/mol. The molecule has 0 amide bonds. The Kier molecular flexibility index (Phi) is 9.49. The van der Waals surface area contributed by atoms with Crippen LogP contribution in [0.2, 0.25) is 0 Å². The lowest BCUT2D eigenvalue weighted by Gasteiger charge is -2.38. The number of hydrogen-bond donors (Lipinski definition) is 0. The quantitative estimate of drug-likeness (QED) is 0.449. The van der Waals surface area contributed by atoms with Crippen LogP contribution in [0.15, 0.2) is 0 Å². The van der Waals surface area contributed by atoms with E-state index >= 15 is 0 Å². The van der Waals surface area contributed by atoms with Crippen molar-refractivity contribution in [3.8, 4) is 0 Å². The smallest absolute Gasteiger partial charge is 0.385 e. The topological polar surface area (TPSA) is 49.4 Å². The van der Waals surface area contributed by atoms with Gasteiger partial charge in [-0.3, -0.25) is 4.90 Å². The lowest BCUT2D eigenvalue weighted by molar-refractivity contribution is -0.0841. The Morgan fingerprint density at radius 2 is 1.52 bits per heavy atom. The van der Waals surface area contributed by atoms with Crippen molar-refractivity contribution >= 4 is 7.32 Å². The van der Waals surface area contributed by atoms with Crippen LogP contribution in [0.3, 0.4) is 0 Å². The van der Waals surface area contributed by atoms with E-state index in [0.29, 0.717) is 19.8 Å². The fraction of sp³-hybridized carbons (Fsp3) is 1.00. The van der Waals surface area contributed by atoms with Gasteiger partial charge >= 0.3 is 7.32 Å². The van der Waals surface area contributed by atoms with Crippen LogP contribution in [-0.4, -0.2) is 77.1 Å². The Morgan fingerprint density at radius 1 is 0.957 bits per heavy atom. The van der Waals surface area contributed by atoms with E-state index in [1.54, 1.807) is 0 Å². The molecular weight excluding hydrogens is 297 g/mol. The molecule has 134 valence electrons. The molecule has 2 unspecified atom stereocenters. The zero-order valence-corrected chi connectivity index (χ0v) is 14.7. The lowest BCUT2D eigenvalue weighted by atomic mass is 10.1. The Labute approximate surface area is 140 Å². The molecule has 2 atom stereocenters. The van der Waals surface area contributed by atoms with Gasteiger partial charge in [0, 0.05) is 39.5 Å². The molecule has 0 aliphatic carbocycles. The molecule has 7 heteroatoms. The molecule has 3 fully saturated rings. The van der Waals surface area contributed by atoms with E-state index in [-0.39, 0.29) is 12.2 Å². The lowest BCUT2D eigenvalue weighted by Crippen LogP contribution is -2.54. The first-order chi connectivity index (χ1) is 11.3. The third-order valence-electron chi connectivity index (χ3n) is 4.08. The predicted molar refractivity (Wildman–Crippen MR) is 89.3 cm³/mol. The molecule has 3 rings (SSSR count). The second kappa shape index (κ2) is 11.4. The summed E-state index contributed by atoms with van der Waals surface area (Å²) in [6, 6.07) is 0. The molecular formula is C16H32BNO5. The Morgan fingerprint density at radius 3 is 2.04 bits per heavy atom. The van der Waals surface area contributed by atoms with E-state index < -0.39 is 7.32 Å². The first-order valence-corrected chi connectivity index (χ1v) is 9.12. The van der Waals surface area contributed by atoms with E-state index in [1.165, 1.54) is 0 Å². The number of nitrogens with zero attached hydrogens (tertiary/aromatic N) is 1. The summed E-state index contributed by atoms with van der Waals surface area (Å²) in [6.07, 6.45) is 4.46. The molecule has 3 heterocycles. The van der Waals surface area contributed by atoms with Crippen LogP contribution < -0.4 is 0 Å². The normalized spacial score (nSPS) is 28.4. The third-order valence-corrected chi connectivity index (χ3v) is 4.08. The van der Waals surface area contributed by atoms with Gasteiger partial charge in [0.15, 0.2) is 0 Å². The molecule has 6 nitrogen and oxygen atoms in total. The molecule has 3 aliphatic rings. The van der Waals surface area contributed by atoms with Crippen LogP contribution in [-0.2, 0) is 23.4 Å². The molecule has 23 heavy (non-hydrogen) atoms. The SMILES string of the molecule is CCCCOCC1CN2CCOB(O1)OC(COCCCC)C2. The van der Waals surface area contributed by atoms with Gasteiger partial charge in [-0.25, -0.2) is 0 Å². The molecule has 0 spiro atoms. The second-order valence-corrected chi connectivity index (χ2v) is 6.29. The number of ether oxygens (including phenoxy) is 2. The van der Waals surface area contributed by atoms with Gasteiger partial charge in [-0.05, 0) is 12.8 Å². The van der Waals surface area contributed by atoms with Crippen molar-refractivity contribution in [1.82, 2.24) is 4.90 Å². The van der Waals surface area contributed by atoms with Crippen LogP contribution in [0, 0.1) is 0 Å².